The van der Waals surface area contributed by atoms with Crippen LogP contribution in [0.3, 0.4) is 0 Å². The van der Waals surface area contributed by atoms with E-state index in [4.69, 9.17) is 10.5 Å². The van der Waals surface area contributed by atoms with Crippen molar-refractivity contribution >= 4 is 23.2 Å². The highest BCUT2D eigenvalue weighted by atomic mass is 16.5. The first-order valence-corrected chi connectivity index (χ1v) is 8.64. The number of carbonyl (C=O) groups is 2. The molecule has 2 aliphatic rings. The van der Waals surface area contributed by atoms with Crippen molar-refractivity contribution in [2.45, 2.75) is 19.4 Å². The summed E-state index contributed by atoms with van der Waals surface area (Å²) in [7, 11) is 0. The molecule has 0 aromatic heterocycles. The lowest BCUT2D eigenvalue weighted by Crippen LogP contribution is -2.49. The first kappa shape index (κ1) is 16.4. The molecule has 0 saturated heterocycles. The number of anilines is 2. The van der Waals surface area contributed by atoms with E-state index in [9.17, 15) is 9.59 Å². The van der Waals surface area contributed by atoms with Crippen molar-refractivity contribution in [1.82, 2.24) is 4.90 Å². The molecule has 6 heteroatoms. The van der Waals surface area contributed by atoms with E-state index >= 15 is 0 Å². The number of hydrogen-bond donors (Lipinski definition) is 1. The quantitative estimate of drug-likeness (QED) is 0.679. The summed E-state index contributed by atoms with van der Waals surface area (Å²) in [5.41, 5.74) is 8.05. The van der Waals surface area contributed by atoms with E-state index in [1.54, 1.807) is 24.3 Å². The second-order valence-electron chi connectivity index (χ2n) is 7.32. The predicted molar refractivity (Wildman–Crippen MR) is 99.6 cm³/mol. The third-order valence-electron chi connectivity index (χ3n) is 4.75. The highest BCUT2D eigenvalue weighted by molar-refractivity contribution is 6.21. The molecule has 134 valence electrons. The van der Waals surface area contributed by atoms with Crippen LogP contribution in [0.15, 0.2) is 42.5 Å². The van der Waals surface area contributed by atoms with Crippen LogP contribution in [-0.4, -0.2) is 41.9 Å². The smallest absolute Gasteiger partial charge is 0.261 e. The molecule has 26 heavy (non-hydrogen) atoms. The number of carbonyl (C=O) groups excluding carboxylic acids is 2. The van der Waals surface area contributed by atoms with Gasteiger partial charge in [-0.1, -0.05) is 12.1 Å². The van der Waals surface area contributed by atoms with Gasteiger partial charge in [0.15, 0.2) is 0 Å². The Balaban J connectivity index is 1.56. The molecule has 0 atom stereocenters. The summed E-state index contributed by atoms with van der Waals surface area (Å²) >= 11 is 0. The molecule has 2 N–H and O–H groups in total. The van der Waals surface area contributed by atoms with E-state index in [1.807, 2.05) is 32.0 Å². The van der Waals surface area contributed by atoms with E-state index in [2.05, 4.69) is 4.90 Å². The predicted octanol–water partition coefficient (Wildman–Crippen LogP) is 2.54. The van der Waals surface area contributed by atoms with Crippen LogP contribution in [-0.2, 0) is 0 Å². The van der Waals surface area contributed by atoms with Crippen LogP contribution >= 0.6 is 0 Å². The molecule has 2 aromatic rings. The Morgan fingerprint density at radius 2 is 1.69 bits per heavy atom. The average Bonchev–Trinajstić information content (AvgIpc) is 2.84. The number of nitrogen functional groups attached to an aromatic ring is 1. The van der Waals surface area contributed by atoms with Crippen molar-refractivity contribution in [2.24, 2.45) is 0 Å². The number of rotatable bonds is 3. The second-order valence-corrected chi connectivity index (χ2v) is 7.32. The Bertz CT molecular complexity index is 872. The van der Waals surface area contributed by atoms with Crippen LogP contribution < -0.4 is 15.4 Å². The van der Waals surface area contributed by atoms with Crippen LogP contribution in [0, 0.1) is 0 Å². The van der Waals surface area contributed by atoms with Gasteiger partial charge in [-0.05, 0) is 44.2 Å². The van der Waals surface area contributed by atoms with E-state index in [0.29, 0.717) is 36.4 Å². The van der Waals surface area contributed by atoms with E-state index < -0.39 is 0 Å². The Hall–Kier alpha value is -3.02. The summed E-state index contributed by atoms with van der Waals surface area (Å²) < 4.78 is 6.02. The van der Waals surface area contributed by atoms with Gasteiger partial charge in [-0.3, -0.25) is 14.5 Å². The summed E-state index contributed by atoms with van der Waals surface area (Å²) in [5.74, 6) is 0.301. The molecule has 2 amide bonds. The number of hydrogen-bond acceptors (Lipinski definition) is 5. The molecule has 4 rings (SSSR count). The van der Waals surface area contributed by atoms with Crippen molar-refractivity contribution in [3.8, 4) is 5.75 Å². The maximum atomic E-state index is 12.5. The molecule has 2 aromatic carbocycles. The van der Waals surface area contributed by atoms with E-state index in [1.165, 1.54) is 4.90 Å². The maximum Gasteiger partial charge on any atom is 0.261 e. The number of imide groups is 1. The van der Waals surface area contributed by atoms with E-state index in [-0.39, 0.29) is 17.4 Å². The Morgan fingerprint density at radius 1 is 1.04 bits per heavy atom. The monoisotopic (exact) mass is 351 g/mol. The molecule has 0 fully saturated rings. The van der Waals surface area contributed by atoms with E-state index in [0.717, 1.165) is 11.4 Å². The van der Waals surface area contributed by atoms with Gasteiger partial charge in [0, 0.05) is 18.8 Å². The zero-order valence-corrected chi connectivity index (χ0v) is 14.9. The van der Waals surface area contributed by atoms with Gasteiger partial charge in [0.05, 0.1) is 23.4 Å². The molecule has 0 unspecified atom stereocenters. The molecule has 0 radical (unpaired) electrons. The van der Waals surface area contributed by atoms with Gasteiger partial charge in [0.25, 0.3) is 11.8 Å². The van der Waals surface area contributed by atoms with Gasteiger partial charge in [-0.25, -0.2) is 0 Å². The summed E-state index contributed by atoms with van der Waals surface area (Å²) in [6, 6.07) is 12.5. The fraction of sp³-hybridized carbons (Fsp3) is 0.300. The lowest BCUT2D eigenvalue weighted by Gasteiger charge is -2.41. The Morgan fingerprint density at radius 3 is 2.35 bits per heavy atom. The summed E-state index contributed by atoms with van der Waals surface area (Å²) in [6.45, 7) is 5.51. The van der Waals surface area contributed by atoms with Crippen molar-refractivity contribution in [3.05, 3.63) is 53.6 Å². The van der Waals surface area contributed by atoms with Gasteiger partial charge in [-0.15, -0.1) is 0 Å². The number of nitrogens with zero attached hydrogens (tertiary/aromatic N) is 2. The van der Waals surface area contributed by atoms with Crippen LogP contribution in [0.2, 0.25) is 0 Å². The highest BCUT2D eigenvalue weighted by Gasteiger charge is 2.37. The van der Waals surface area contributed by atoms with Crippen molar-refractivity contribution in [3.63, 3.8) is 0 Å². The standard InChI is InChI=1S/C20H21N3O3/c1-20(2)12-22(16-11-13(21)7-8-17(16)26-20)9-10-23-18(24)14-5-3-4-6-15(14)19(23)25/h3-8,11H,9-10,12,21H2,1-2H3. The normalized spacial score (nSPS) is 17.8. The number of ether oxygens (including phenoxy) is 1. The second kappa shape index (κ2) is 5.76. The third kappa shape index (κ3) is 2.67. The van der Waals surface area contributed by atoms with Gasteiger partial charge < -0.3 is 15.4 Å². The van der Waals surface area contributed by atoms with Gasteiger partial charge in [0.1, 0.15) is 11.4 Å². The van der Waals surface area contributed by atoms with Crippen LogP contribution in [0.25, 0.3) is 0 Å². The molecule has 2 heterocycles. The lowest BCUT2D eigenvalue weighted by molar-refractivity contribution is 0.0654. The zero-order chi connectivity index (χ0) is 18.5. The molecule has 0 bridgehead atoms. The molecule has 0 spiro atoms. The summed E-state index contributed by atoms with van der Waals surface area (Å²) in [6.07, 6.45) is 0. The average molecular weight is 351 g/mol. The number of fused-ring (bicyclic) bond motifs is 2. The summed E-state index contributed by atoms with van der Waals surface area (Å²) in [4.78, 5) is 28.5. The van der Waals surface area contributed by atoms with Crippen LogP contribution in [0.4, 0.5) is 11.4 Å². The van der Waals surface area contributed by atoms with Gasteiger partial charge in [-0.2, -0.15) is 0 Å². The highest BCUT2D eigenvalue weighted by Crippen LogP contribution is 2.38. The molecule has 6 nitrogen and oxygen atoms in total. The topological polar surface area (TPSA) is 75.9 Å². The molecular weight excluding hydrogens is 330 g/mol. The lowest BCUT2D eigenvalue weighted by atomic mass is 10.0. The molecular formula is C20H21N3O3. The van der Waals surface area contributed by atoms with Crippen molar-refractivity contribution < 1.29 is 14.3 Å². The minimum absolute atomic E-state index is 0.231. The molecule has 2 aliphatic heterocycles. The first-order chi connectivity index (χ1) is 12.4. The number of amides is 2. The van der Waals surface area contributed by atoms with Crippen LogP contribution in [0.5, 0.6) is 5.75 Å². The fourth-order valence-corrected chi connectivity index (χ4v) is 3.61. The van der Waals surface area contributed by atoms with Crippen molar-refractivity contribution in [2.75, 3.05) is 30.3 Å². The van der Waals surface area contributed by atoms with Crippen molar-refractivity contribution in [1.29, 1.82) is 0 Å². The Labute approximate surface area is 152 Å². The molecule has 0 saturated carbocycles. The number of nitrogens with two attached hydrogens (primary N) is 1. The summed E-state index contributed by atoms with van der Waals surface area (Å²) in [5, 5.41) is 0. The Kier molecular flexibility index (Phi) is 3.64. The maximum absolute atomic E-state index is 12.5. The number of benzene rings is 2. The third-order valence-corrected chi connectivity index (χ3v) is 4.75. The van der Waals surface area contributed by atoms with Gasteiger partial charge >= 0.3 is 0 Å². The van der Waals surface area contributed by atoms with Crippen LogP contribution in [0.1, 0.15) is 34.6 Å². The minimum Gasteiger partial charge on any atom is -0.484 e. The first-order valence-electron chi connectivity index (χ1n) is 8.64. The largest absolute Gasteiger partial charge is 0.484 e. The van der Waals surface area contributed by atoms with Gasteiger partial charge in [0.2, 0.25) is 0 Å². The zero-order valence-electron chi connectivity index (χ0n) is 14.9. The fourth-order valence-electron chi connectivity index (χ4n) is 3.61. The SMILES string of the molecule is CC1(C)CN(CCN2C(=O)c3ccccc3C2=O)c2cc(N)ccc2O1. The molecule has 0 aliphatic carbocycles. The minimum atomic E-state index is -0.370.